The van der Waals surface area contributed by atoms with Crippen molar-refractivity contribution in [1.82, 2.24) is 5.32 Å². The highest BCUT2D eigenvalue weighted by molar-refractivity contribution is 9.09. The second-order valence-corrected chi connectivity index (χ2v) is 7.80. The molecule has 0 saturated heterocycles. The summed E-state index contributed by atoms with van der Waals surface area (Å²) in [6, 6.07) is 0. The van der Waals surface area contributed by atoms with Crippen LogP contribution in [0.4, 0.5) is 4.79 Å². The lowest BCUT2D eigenvalue weighted by molar-refractivity contribution is 0.0319. The molecule has 106 valence electrons. The summed E-state index contributed by atoms with van der Waals surface area (Å²) in [5.74, 6) is 0. The number of rotatable bonds is 4. The fourth-order valence-electron chi connectivity index (χ4n) is 2.43. The van der Waals surface area contributed by atoms with Crippen LogP contribution in [0, 0.1) is 5.41 Å². The van der Waals surface area contributed by atoms with E-state index in [2.05, 4.69) is 35.1 Å². The number of alkyl halides is 1. The summed E-state index contributed by atoms with van der Waals surface area (Å²) in [4.78, 5) is 11.9. The molecule has 0 heterocycles. The third-order valence-electron chi connectivity index (χ3n) is 3.26. The van der Waals surface area contributed by atoms with E-state index in [4.69, 9.17) is 4.74 Å². The van der Waals surface area contributed by atoms with Crippen LogP contribution in [0.1, 0.15) is 60.3 Å². The monoisotopic (exact) mass is 319 g/mol. The normalized spacial score (nSPS) is 19.0. The maximum atomic E-state index is 11.9. The quantitative estimate of drug-likeness (QED) is 0.787. The van der Waals surface area contributed by atoms with Crippen LogP contribution in [0.2, 0.25) is 0 Å². The molecule has 1 N–H and O–H groups in total. The van der Waals surface area contributed by atoms with Gasteiger partial charge in [-0.2, -0.15) is 0 Å². The van der Waals surface area contributed by atoms with Gasteiger partial charge >= 0.3 is 6.09 Å². The number of alkyl carbamates (subject to hydrolysis) is 1. The van der Waals surface area contributed by atoms with E-state index in [0.29, 0.717) is 0 Å². The van der Waals surface area contributed by atoms with Gasteiger partial charge in [-0.15, -0.1) is 0 Å². The lowest BCUT2D eigenvalue weighted by atomic mass is 9.68. The van der Waals surface area contributed by atoms with Crippen molar-refractivity contribution in [2.45, 2.75) is 71.4 Å². The molecule has 1 rings (SSSR count). The largest absolute Gasteiger partial charge is 0.444 e. The summed E-state index contributed by atoms with van der Waals surface area (Å²) in [6.07, 6.45) is 4.01. The van der Waals surface area contributed by atoms with Gasteiger partial charge in [-0.05, 0) is 51.9 Å². The Morgan fingerprint density at radius 1 is 1.28 bits per heavy atom. The molecule has 1 saturated carbocycles. The number of nitrogens with one attached hydrogen (secondary N) is 1. The second-order valence-electron chi connectivity index (χ2n) is 7.24. The van der Waals surface area contributed by atoms with Gasteiger partial charge in [0.25, 0.3) is 0 Å². The van der Waals surface area contributed by atoms with Crippen molar-refractivity contribution in [3.05, 3.63) is 0 Å². The van der Waals surface area contributed by atoms with Gasteiger partial charge in [0, 0.05) is 10.9 Å². The molecular weight excluding hydrogens is 294 g/mol. The first-order chi connectivity index (χ1) is 8.08. The third-order valence-corrected chi connectivity index (χ3v) is 4.77. The van der Waals surface area contributed by atoms with Gasteiger partial charge in [0.15, 0.2) is 0 Å². The van der Waals surface area contributed by atoms with E-state index >= 15 is 0 Å². The highest BCUT2D eigenvalue weighted by Gasteiger charge is 2.43. The van der Waals surface area contributed by atoms with Gasteiger partial charge in [-0.25, -0.2) is 4.79 Å². The molecule has 0 aromatic rings. The van der Waals surface area contributed by atoms with Crippen molar-refractivity contribution < 1.29 is 9.53 Å². The Balaban J connectivity index is 2.59. The first kappa shape index (κ1) is 15.8. The summed E-state index contributed by atoms with van der Waals surface area (Å²) < 4.78 is 5.36. The minimum atomic E-state index is -0.431. The molecule has 0 aliphatic heterocycles. The van der Waals surface area contributed by atoms with Crippen LogP contribution in [0.3, 0.4) is 0 Å². The number of hydrogen-bond acceptors (Lipinski definition) is 2. The summed E-state index contributed by atoms with van der Waals surface area (Å²) in [6.45, 7) is 10.1. The molecule has 0 unspecified atom stereocenters. The van der Waals surface area contributed by atoms with Crippen molar-refractivity contribution >= 4 is 22.0 Å². The Hall–Kier alpha value is -0.250. The van der Waals surface area contributed by atoms with E-state index < -0.39 is 5.60 Å². The van der Waals surface area contributed by atoms with Gasteiger partial charge in [0.2, 0.25) is 0 Å². The number of amides is 1. The Kier molecular flexibility index (Phi) is 4.74. The average molecular weight is 320 g/mol. The molecule has 0 atom stereocenters. The van der Waals surface area contributed by atoms with Crippen LogP contribution in [0.15, 0.2) is 0 Å². The number of carbonyl (C=O) groups is 1. The van der Waals surface area contributed by atoms with Gasteiger partial charge in [0.05, 0.1) is 0 Å². The Morgan fingerprint density at radius 2 is 1.83 bits per heavy atom. The smallest absolute Gasteiger partial charge is 0.408 e. The maximum Gasteiger partial charge on any atom is 0.408 e. The second kappa shape index (κ2) is 5.40. The number of hydrogen-bond donors (Lipinski definition) is 1. The van der Waals surface area contributed by atoms with Gasteiger partial charge < -0.3 is 10.1 Å². The molecule has 0 spiro atoms. The highest BCUT2D eigenvalue weighted by atomic mass is 79.9. The predicted octanol–water partition coefficient (Wildman–Crippen LogP) is 4.25. The molecule has 1 fully saturated rings. The molecule has 0 radical (unpaired) electrons. The minimum Gasteiger partial charge on any atom is -0.444 e. The maximum absolute atomic E-state index is 11.9. The molecule has 1 aliphatic carbocycles. The zero-order valence-corrected chi connectivity index (χ0v) is 13.8. The molecule has 3 nitrogen and oxygen atoms in total. The summed E-state index contributed by atoms with van der Waals surface area (Å²) >= 11 is 3.55. The summed E-state index contributed by atoms with van der Waals surface area (Å²) in [5, 5.41) is 4.04. The van der Waals surface area contributed by atoms with Crippen LogP contribution in [0.25, 0.3) is 0 Å². The van der Waals surface area contributed by atoms with Crippen molar-refractivity contribution in [2.75, 3.05) is 5.33 Å². The molecule has 0 aromatic carbocycles. The Morgan fingerprint density at radius 3 is 2.17 bits per heavy atom. The lowest BCUT2D eigenvalue weighted by Gasteiger charge is -2.46. The first-order valence-corrected chi connectivity index (χ1v) is 7.77. The average Bonchev–Trinajstić information content (AvgIpc) is 2.11. The van der Waals surface area contributed by atoms with Crippen LogP contribution in [-0.2, 0) is 4.74 Å². The number of ether oxygens (including phenoxy) is 1. The molecular formula is C14H26BrNO2. The minimum absolute atomic E-state index is 0.0559. The van der Waals surface area contributed by atoms with Gasteiger partial charge in [-0.3, -0.25) is 0 Å². The van der Waals surface area contributed by atoms with E-state index in [1.54, 1.807) is 0 Å². The van der Waals surface area contributed by atoms with E-state index in [1.807, 2.05) is 20.8 Å². The van der Waals surface area contributed by atoms with Crippen molar-refractivity contribution in [3.8, 4) is 0 Å². The molecule has 1 aliphatic rings. The van der Waals surface area contributed by atoms with Gasteiger partial charge in [-0.1, -0.05) is 29.8 Å². The Labute approximate surface area is 119 Å². The zero-order valence-electron chi connectivity index (χ0n) is 12.2. The van der Waals surface area contributed by atoms with E-state index in [9.17, 15) is 4.79 Å². The molecule has 0 bridgehead atoms. The fraction of sp³-hybridized carbons (Fsp3) is 0.929. The van der Waals surface area contributed by atoms with Crippen molar-refractivity contribution in [2.24, 2.45) is 5.41 Å². The fourth-order valence-corrected chi connectivity index (χ4v) is 2.63. The number of halogens is 1. The molecule has 18 heavy (non-hydrogen) atoms. The highest BCUT2D eigenvalue weighted by Crippen LogP contribution is 2.42. The van der Waals surface area contributed by atoms with Crippen LogP contribution >= 0.6 is 15.9 Å². The summed E-state index contributed by atoms with van der Waals surface area (Å²) in [5.41, 5.74) is -0.297. The first-order valence-electron chi connectivity index (χ1n) is 6.65. The van der Waals surface area contributed by atoms with E-state index in [1.165, 1.54) is 6.42 Å². The van der Waals surface area contributed by atoms with E-state index in [-0.39, 0.29) is 17.0 Å². The van der Waals surface area contributed by atoms with Crippen LogP contribution < -0.4 is 5.32 Å². The predicted molar refractivity (Wildman–Crippen MR) is 78.1 cm³/mol. The SMILES string of the molecule is CC(C)(CBr)CC1(NC(=O)OC(C)(C)C)CCC1. The van der Waals surface area contributed by atoms with Crippen LogP contribution in [-0.4, -0.2) is 22.6 Å². The topological polar surface area (TPSA) is 38.3 Å². The molecule has 0 aromatic heterocycles. The van der Waals surface area contributed by atoms with Crippen molar-refractivity contribution in [3.63, 3.8) is 0 Å². The standard InChI is InChI=1S/C14H26BrNO2/c1-12(2,3)18-11(17)16-14(7-6-8-14)9-13(4,5)10-15/h6-10H2,1-5H3,(H,16,17). The summed E-state index contributed by atoms with van der Waals surface area (Å²) in [7, 11) is 0. The molecule has 4 heteroatoms. The number of carbonyl (C=O) groups excluding carboxylic acids is 1. The molecule has 1 amide bonds. The zero-order chi connectivity index (χ0) is 14.0. The lowest BCUT2D eigenvalue weighted by Crippen LogP contribution is -2.56. The van der Waals surface area contributed by atoms with Crippen LogP contribution in [0.5, 0.6) is 0 Å². The van der Waals surface area contributed by atoms with Crippen molar-refractivity contribution in [1.29, 1.82) is 0 Å². The Bertz CT molecular complexity index is 303. The third kappa shape index (κ3) is 4.79. The van der Waals surface area contributed by atoms with Gasteiger partial charge in [0.1, 0.15) is 5.60 Å². The van der Waals surface area contributed by atoms with E-state index in [0.717, 1.165) is 24.6 Å².